The SMILES string of the molecule is CCC(C)(CO)NS(=O)(=O)N(C)C(C)C. The molecule has 0 bridgehead atoms. The molecule has 0 rings (SSSR count). The van der Waals surface area contributed by atoms with E-state index in [0.29, 0.717) is 6.42 Å². The number of rotatable bonds is 6. The Hall–Kier alpha value is -0.170. The van der Waals surface area contributed by atoms with Gasteiger partial charge in [-0.1, -0.05) is 6.92 Å². The lowest BCUT2D eigenvalue weighted by Gasteiger charge is -2.31. The van der Waals surface area contributed by atoms with E-state index in [1.165, 1.54) is 11.4 Å². The predicted molar refractivity (Wildman–Crippen MR) is 60.7 cm³/mol. The topological polar surface area (TPSA) is 69.6 Å². The van der Waals surface area contributed by atoms with Crippen molar-refractivity contribution in [2.45, 2.75) is 45.7 Å². The van der Waals surface area contributed by atoms with E-state index in [4.69, 9.17) is 5.11 Å². The van der Waals surface area contributed by atoms with Crippen molar-refractivity contribution < 1.29 is 13.5 Å². The third-order valence-corrected chi connectivity index (χ3v) is 4.54. The summed E-state index contributed by atoms with van der Waals surface area (Å²) in [6.07, 6.45) is 0.536. The molecule has 92 valence electrons. The zero-order valence-electron chi connectivity index (χ0n) is 10.1. The van der Waals surface area contributed by atoms with Crippen molar-refractivity contribution in [1.82, 2.24) is 9.03 Å². The summed E-state index contributed by atoms with van der Waals surface area (Å²) < 4.78 is 27.4. The van der Waals surface area contributed by atoms with Crippen molar-refractivity contribution in [3.63, 3.8) is 0 Å². The van der Waals surface area contributed by atoms with E-state index in [1.807, 2.05) is 6.92 Å². The van der Waals surface area contributed by atoms with Crippen LogP contribution in [0.15, 0.2) is 0 Å². The van der Waals surface area contributed by atoms with Gasteiger partial charge in [0.2, 0.25) is 0 Å². The van der Waals surface area contributed by atoms with E-state index >= 15 is 0 Å². The lowest BCUT2D eigenvalue weighted by Crippen LogP contribution is -2.53. The van der Waals surface area contributed by atoms with Gasteiger partial charge in [-0.15, -0.1) is 0 Å². The summed E-state index contributed by atoms with van der Waals surface area (Å²) in [7, 11) is -2.00. The van der Waals surface area contributed by atoms with Gasteiger partial charge in [0.15, 0.2) is 0 Å². The van der Waals surface area contributed by atoms with Gasteiger partial charge in [0.05, 0.1) is 12.1 Å². The highest BCUT2D eigenvalue weighted by atomic mass is 32.2. The van der Waals surface area contributed by atoms with Crippen LogP contribution in [0, 0.1) is 0 Å². The molecule has 1 atom stereocenters. The maximum Gasteiger partial charge on any atom is 0.280 e. The summed E-state index contributed by atoms with van der Waals surface area (Å²) in [5.74, 6) is 0. The monoisotopic (exact) mass is 238 g/mol. The Kier molecular flexibility index (Phi) is 5.19. The van der Waals surface area contributed by atoms with E-state index in [0.717, 1.165) is 0 Å². The van der Waals surface area contributed by atoms with E-state index < -0.39 is 15.7 Å². The summed E-state index contributed by atoms with van der Waals surface area (Å²) in [4.78, 5) is 0. The van der Waals surface area contributed by atoms with Gasteiger partial charge in [0.1, 0.15) is 0 Å². The molecular weight excluding hydrogens is 216 g/mol. The molecule has 0 heterocycles. The Bertz CT molecular complexity index is 284. The quantitative estimate of drug-likeness (QED) is 0.700. The fourth-order valence-electron chi connectivity index (χ4n) is 0.877. The van der Waals surface area contributed by atoms with Crippen molar-refractivity contribution in [2.24, 2.45) is 0 Å². The van der Waals surface area contributed by atoms with Crippen molar-refractivity contribution in [1.29, 1.82) is 0 Å². The molecule has 0 aromatic carbocycles. The molecule has 0 fully saturated rings. The number of aliphatic hydroxyl groups is 1. The average molecular weight is 238 g/mol. The fraction of sp³-hybridized carbons (Fsp3) is 1.00. The second-order valence-corrected chi connectivity index (χ2v) is 6.02. The number of hydrogen-bond donors (Lipinski definition) is 2. The standard InChI is InChI=1S/C9H22N2O3S/c1-6-9(4,7-12)10-15(13,14)11(5)8(2)3/h8,10,12H,6-7H2,1-5H3. The van der Waals surface area contributed by atoms with Gasteiger partial charge in [-0.3, -0.25) is 0 Å². The molecule has 0 aliphatic carbocycles. The molecule has 2 N–H and O–H groups in total. The van der Waals surface area contributed by atoms with Crippen LogP contribution in [0.1, 0.15) is 34.1 Å². The molecule has 0 aromatic rings. The van der Waals surface area contributed by atoms with E-state index in [-0.39, 0.29) is 12.6 Å². The minimum absolute atomic E-state index is 0.109. The second kappa shape index (κ2) is 5.25. The lowest BCUT2D eigenvalue weighted by molar-refractivity contribution is 0.188. The Morgan fingerprint density at radius 2 is 1.93 bits per heavy atom. The highest BCUT2D eigenvalue weighted by Crippen LogP contribution is 2.12. The highest BCUT2D eigenvalue weighted by molar-refractivity contribution is 7.87. The molecule has 0 aliphatic rings. The first-order valence-corrected chi connectivity index (χ1v) is 6.50. The van der Waals surface area contributed by atoms with Crippen molar-refractivity contribution in [2.75, 3.05) is 13.7 Å². The zero-order chi connectivity index (χ0) is 12.3. The Balaban J connectivity index is 4.79. The lowest BCUT2D eigenvalue weighted by atomic mass is 10.0. The van der Waals surface area contributed by atoms with Crippen LogP contribution in [0.25, 0.3) is 0 Å². The van der Waals surface area contributed by atoms with Gasteiger partial charge >= 0.3 is 0 Å². The van der Waals surface area contributed by atoms with Gasteiger partial charge in [-0.2, -0.15) is 17.4 Å². The largest absolute Gasteiger partial charge is 0.394 e. The zero-order valence-corrected chi connectivity index (χ0v) is 10.9. The number of nitrogens with zero attached hydrogens (tertiary/aromatic N) is 1. The second-order valence-electron chi connectivity index (χ2n) is 4.29. The average Bonchev–Trinajstić information content (AvgIpc) is 2.15. The van der Waals surface area contributed by atoms with Crippen LogP contribution in [0.4, 0.5) is 0 Å². The Labute approximate surface area is 92.7 Å². The molecule has 0 saturated carbocycles. The number of aliphatic hydroxyl groups excluding tert-OH is 1. The number of hydrogen-bond acceptors (Lipinski definition) is 3. The third kappa shape index (κ3) is 4.06. The van der Waals surface area contributed by atoms with Crippen LogP contribution in [-0.2, 0) is 10.2 Å². The first kappa shape index (κ1) is 14.8. The Morgan fingerprint density at radius 3 is 2.20 bits per heavy atom. The van der Waals surface area contributed by atoms with Crippen LogP contribution in [0.5, 0.6) is 0 Å². The molecule has 0 aromatic heterocycles. The molecule has 1 unspecified atom stereocenters. The maximum absolute atomic E-state index is 11.8. The van der Waals surface area contributed by atoms with Crippen LogP contribution >= 0.6 is 0 Å². The summed E-state index contributed by atoms with van der Waals surface area (Å²) in [5, 5.41) is 9.12. The van der Waals surface area contributed by atoms with Gasteiger partial charge in [-0.25, -0.2) is 0 Å². The normalized spacial score (nSPS) is 17.1. The summed E-state index contributed by atoms with van der Waals surface area (Å²) in [5.41, 5.74) is -0.790. The maximum atomic E-state index is 11.8. The number of nitrogens with one attached hydrogen (secondary N) is 1. The van der Waals surface area contributed by atoms with Gasteiger partial charge in [0.25, 0.3) is 10.2 Å². The summed E-state index contributed by atoms with van der Waals surface area (Å²) >= 11 is 0. The van der Waals surface area contributed by atoms with Gasteiger partial charge in [-0.05, 0) is 27.2 Å². The van der Waals surface area contributed by atoms with Crippen LogP contribution in [0.3, 0.4) is 0 Å². The molecule has 0 spiro atoms. The highest BCUT2D eigenvalue weighted by Gasteiger charge is 2.30. The molecule has 0 amide bonds. The first-order chi connectivity index (χ1) is 6.68. The molecule has 0 aliphatic heterocycles. The third-order valence-electron chi connectivity index (χ3n) is 2.61. The Morgan fingerprint density at radius 1 is 1.47 bits per heavy atom. The molecular formula is C9H22N2O3S. The molecule has 6 heteroatoms. The van der Waals surface area contributed by atoms with E-state index in [1.54, 1.807) is 20.8 Å². The minimum atomic E-state index is -3.52. The van der Waals surface area contributed by atoms with Crippen LogP contribution in [0.2, 0.25) is 0 Å². The summed E-state index contributed by atoms with van der Waals surface area (Å²) in [6.45, 7) is 6.88. The van der Waals surface area contributed by atoms with Crippen molar-refractivity contribution in [3.05, 3.63) is 0 Å². The van der Waals surface area contributed by atoms with Crippen molar-refractivity contribution in [3.8, 4) is 0 Å². The molecule has 0 radical (unpaired) electrons. The summed E-state index contributed by atoms with van der Waals surface area (Å²) in [6, 6.07) is -0.109. The predicted octanol–water partition coefficient (Wildman–Crippen LogP) is 0.322. The molecule has 5 nitrogen and oxygen atoms in total. The fourth-order valence-corrected chi connectivity index (χ4v) is 2.41. The van der Waals surface area contributed by atoms with Crippen LogP contribution in [-0.4, -0.2) is 43.1 Å². The van der Waals surface area contributed by atoms with E-state index in [9.17, 15) is 8.42 Å². The molecule has 0 saturated heterocycles. The van der Waals surface area contributed by atoms with Gasteiger partial charge in [0, 0.05) is 13.1 Å². The van der Waals surface area contributed by atoms with Gasteiger partial charge < -0.3 is 5.11 Å². The van der Waals surface area contributed by atoms with Crippen molar-refractivity contribution >= 4 is 10.2 Å². The molecule has 15 heavy (non-hydrogen) atoms. The first-order valence-electron chi connectivity index (χ1n) is 5.06. The van der Waals surface area contributed by atoms with E-state index in [2.05, 4.69) is 4.72 Å². The smallest absolute Gasteiger partial charge is 0.280 e. The van der Waals surface area contributed by atoms with Crippen LogP contribution < -0.4 is 4.72 Å². The minimum Gasteiger partial charge on any atom is -0.394 e.